The summed E-state index contributed by atoms with van der Waals surface area (Å²) in [5.74, 6) is 0.387. The Morgan fingerprint density at radius 2 is 1.93 bits per heavy atom. The van der Waals surface area contributed by atoms with Crippen LogP contribution in [0.4, 0.5) is 5.82 Å². The fourth-order valence-electron chi connectivity index (χ4n) is 3.86. The lowest BCUT2D eigenvalue weighted by atomic mass is 9.97. The molecular weight excluding hydrogens is 362 g/mol. The van der Waals surface area contributed by atoms with E-state index in [2.05, 4.69) is 69.3 Å². The van der Waals surface area contributed by atoms with E-state index in [4.69, 9.17) is 11.5 Å². The van der Waals surface area contributed by atoms with E-state index in [0.29, 0.717) is 24.4 Å². The zero-order chi connectivity index (χ0) is 20.0. The molecule has 0 saturated carbocycles. The largest absolute Gasteiger partial charge is 0.382 e. The highest BCUT2D eigenvalue weighted by molar-refractivity contribution is 5.89. The SMILES string of the molecule is Cc1ccccc1-c1cc(Cn2cnc3c(N)ncnc32)c2[nH]c(CN)cc2c1. The molecule has 0 aliphatic rings. The Kier molecular flexibility index (Phi) is 4.03. The minimum absolute atomic E-state index is 0.387. The van der Waals surface area contributed by atoms with Crippen LogP contribution in [-0.2, 0) is 13.1 Å². The predicted molar refractivity (Wildman–Crippen MR) is 115 cm³/mol. The van der Waals surface area contributed by atoms with Crippen molar-refractivity contribution in [2.45, 2.75) is 20.0 Å². The van der Waals surface area contributed by atoms with Crippen LogP contribution >= 0.6 is 0 Å². The van der Waals surface area contributed by atoms with Crippen LogP contribution in [0.25, 0.3) is 33.2 Å². The van der Waals surface area contributed by atoms with Gasteiger partial charge in [-0.25, -0.2) is 15.0 Å². The molecule has 0 aliphatic carbocycles. The van der Waals surface area contributed by atoms with Crippen LogP contribution in [0.1, 0.15) is 16.8 Å². The zero-order valence-electron chi connectivity index (χ0n) is 16.1. The van der Waals surface area contributed by atoms with Crippen molar-refractivity contribution in [1.29, 1.82) is 0 Å². The minimum atomic E-state index is 0.387. The van der Waals surface area contributed by atoms with Gasteiger partial charge in [-0.15, -0.1) is 0 Å². The van der Waals surface area contributed by atoms with Gasteiger partial charge < -0.3 is 21.0 Å². The lowest BCUT2D eigenvalue weighted by Gasteiger charge is -2.11. The molecule has 7 heteroatoms. The predicted octanol–water partition coefficient (Wildman–Crippen LogP) is 3.37. The van der Waals surface area contributed by atoms with Gasteiger partial charge in [-0.2, -0.15) is 0 Å². The topological polar surface area (TPSA) is 111 Å². The molecule has 0 atom stereocenters. The van der Waals surface area contributed by atoms with Crippen molar-refractivity contribution in [3.05, 3.63) is 71.9 Å². The molecule has 144 valence electrons. The van der Waals surface area contributed by atoms with E-state index in [0.717, 1.165) is 27.8 Å². The number of aromatic amines is 1. The molecule has 5 aromatic rings. The summed E-state index contributed by atoms with van der Waals surface area (Å²) in [5.41, 5.74) is 20.0. The maximum absolute atomic E-state index is 5.94. The molecule has 3 aromatic heterocycles. The molecule has 0 fully saturated rings. The second kappa shape index (κ2) is 6.72. The summed E-state index contributed by atoms with van der Waals surface area (Å²) in [6.07, 6.45) is 3.23. The van der Waals surface area contributed by atoms with Crippen LogP contribution in [0.3, 0.4) is 0 Å². The van der Waals surface area contributed by atoms with Gasteiger partial charge in [0.05, 0.1) is 18.4 Å². The maximum atomic E-state index is 5.94. The molecule has 3 heterocycles. The van der Waals surface area contributed by atoms with E-state index >= 15 is 0 Å². The molecule has 7 nitrogen and oxygen atoms in total. The monoisotopic (exact) mass is 383 g/mol. The number of aromatic nitrogens is 5. The molecule has 0 amide bonds. The Morgan fingerprint density at radius 3 is 2.76 bits per heavy atom. The standard InChI is InChI=1S/C22H21N7/c1-13-4-2-3-5-18(13)14-6-15-8-17(9-23)28-19(15)16(7-14)10-29-12-27-20-21(24)25-11-26-22(20)29/h2-8,11-12,28H,9-10,23H2,1H3,(H2,24,25,26). The molecule has 0 saturated heterocycles. The summed E-state index contributed by atoms with van der Waals surface area (Å²) < 4.78 is 1.99. The normalized spacial score (nSPS) is 11.5. The van der Waals surface area contributed by atoms with Gasteiger partial charge in [0.25, 0.3) is 0 Å². The van der Waals surface area contributed by atoms with Gasteiger partial charge in [-0.1, -0.05) is 24.3 Å². The minimum Gasteiger partial charge on any atom is -0.382 e. The third-order valence-electron chi connectivity index (χ3n) is 5.31. The van der Waals surface area contributed by atoms with Crippen molar-refractivity contribution in [3.8, 4) is 11.1 Å². The van der Waals surface area contributed by atoms with E-state index in [1.165, 1.54) is 23.0 Å². The molecule has 0 unspecified atom stereocenters. The first-order valence-electron chi connectivity index (χ1n) is 9.46. The molecule has 0 aliphatic heterocycles. The van der Waals surface area contributed by atoms with Crippen LogP contribution in [-0.4, -0.2) is 24.5 Å². The first kappa shape index (κ1) is 17.4. The second-order valence-electron chi connectivity index (χ2n) is 7.22. The van der Waals surface area contributed by atoms with Crippen LogP contribution in [0.15, 0.2) is 55.1 Å². The van der Waals surface area contributed by atoms with Crippen molar-refractivity contribution < 1.29 is 0 Å². The highest BCUT2D eigenvalue weighted by Gasteiger charge is 2.13. The van der Waals surface area contributed by atoms with Gasteiger partial charge in [-0.3, -0.25) is 0 Å². The van der Waals surface area contributed by atoms with Crippen molar-refractivity contribution in [1.82, 2.24) is 24.5 Å². The number of anilines is 1. The number of aryl methyl sites for hydroxylation is 1. The molecule has 0 radical (unpaired) electrons. The van der Waals surface area contributed by atoms with Crippen LogP contribution in [0.5, 0.6) is 0 Å². The number of nitrogen functional groups attached to an aromatic ring is 1. The summed E-state index contributed by atoms with van der Waals surface area (Å²) in [6, 6.07) is 15.0. The Bertz CT molecular complexity index is 1350. The average molecular weight is 383 g/mol. The summed E-state index contributed by atoms with van der Waals surface area (Å²) in [7, 11) is 0. The number of nitrogens with zero attached hydrogens (tertiary/aromatic N) is 4. The van der Waals surface area contributed by atoms with E-state index in [1.807, 2.05) is 4.57 Å². The summed E-state index contributed by atoms with van der Waals surface area (Å²) in [6.45, 7) is 3.20. The van der Waals surface area contributed by atoms with E-state index in [-0.39, 0.29) is 0 Å². The van der Waals surface area contributed by atoms with Gasteiger partial charge in [0.15, 0.2) is 11.5 Å². The molecule has 2 aromatic carbocycles. The zero-order valence-corrected chi connectivity index (χ0v) is 16.1. The molecule has 0 spiro atoms. The van der Waals surface area contributed by atoms with Crippen LogP contribution in [0.2, 0.25) is 0 Å². The highest BCUT2D eigenvalue weighted by atomic mass is 15.1. The third kappa shape index (κ3) is 2.92. The number of hydrogen-bond donors (Lipinski definition) is 3. The van der Waals surface area contributed by atoms with E-state index in [9.17, 15) is 0 Å². The fourth-order valence-corrected chi connectivity index (χ4v) is 3.86. The highest BCUT2D eigenvalue weighted by Crippen LogP contribution is 2.31. The Balaban J connectivity index is 1.70. The number of nitrogens with one attached hydrogen (secondary N) is 1. The van der Waals surface area contributed by atoms with E-state index in [1.54, 1.807) is 6.33 Å². The number of rotatable bonds is 4. The summed E-state index contributed by atoms with van der Waals surface area (Å²) >= 11 is 0. The third-order valence-corrected chi connectivity index (χ3v) is 5.31. The average Bonchev–Trinajstić information content (AvgIpc) is 3.33. The second-order valence-corrected chi connectivity index (χ2v) is 7.22. The van der Waals surface area contributed by atoms with Crippen molar-refractivity contribution in [2.75, 3.05) is 5.73 Å². The van der Waals surface area contributed by atoms with Crippen molar-refractivity contribution in [3.63, 3.8) is 0 Å². The van der Waals surface area contributed by atoms with Gasteiger partial charge in [0, 0.05) is 17.6 Å². The number of benzene rings is 2. The lowest BCUT2D eigenvalue weighted by Crippen LogP contribution is -2.02. The first-order chi connectivity index (χ1) is 14.1. The summed E-state index contributed by atoms with van der Waals surface area (Å²) in [4.78, 5) is 16.3. The molecule has 5 N–H and O–H groups in total. The molecule has 0 bridgehead atoms. The quantitative estimate of drug-likeness (QED) is 0.440. The first-order valence-corrected chi connectivity index (χ1v) is 9.46. The Morgan fingerprint density at radius 1 is 1.07 bits per heavy atom. The van der Waals surface area contributed by atoms with Gasteiger partial charge >= 0.3 is 0 Å². The Labute approximate surface area is 167 Å². The summed E-state index contributed by atoms with van der Waals surface area (Å²) in [5, 5.41) is 1.14. The smallest absolute Gasteiger partial charge is 0.165 e. The van der Waals surface area contributed by atoms with Crippen molar-refractivity contribution in [2.24, 2.45) is 5.73 Å². The maximum Gasteiger partial charge on any atom is 0.165 e. The van der Waals surface area contributed by atoms with Gasteiger partial charge in [0.2, 0.25) is 0 Å². The fraction of sp³-hybridized carbons (Fsp3) is 0.136. The molecule has 5 rings (SSSR count). The van der Waals surface area contributed by atoms with Gasteiger partial charge in [-0.05, 0) is 47.4 Å². The van der Waals surface area contributed by atoms with Crippen LogP contribution < -0.4 is 11.5 Å². The number of imidazole rings is 1. The number of H-pyrrole nitrogens is 1. The van der Waals surface area contributed by atoms with Gasteiger partial charge in [0.1, 0.15) is 11.8 Å². The number of fused-ring (bicyclic) bond motifs is 2. The molecular formula is C22H21N7. The lowest BCUT2D eigenvalue weighted by molar-refractivity contribution is 0.817. The molecule has 29 heavy (non-hydrogen) atoms. The Hall–Kier alpha value is -3.71. The van der Waals surface area contributed by atoms with Crippen molar-refractivity contribution >= 4 is 27.9 Å². The van der Waals surface area contributed by atoms with Crippen LogP contribution in [0, 0.1) is 6.92 Å². The number of hydrogen-bond acceptors (Lipinski definition) is 5. The van der Waals surface area contributed by atoms with E-state index < -0.39 is 0 Å². The number of nitrogens with two attached hydrogens (primary N) is 2.